The van der Waals surface area contributed by atoms with Gasteiger partial charge < -0.3 is 5.11 Å². The predicted molar refractivity (Wildman–Crippen MR) is 73.0 cm³/mol. The molecule has 0 atom stereocenters. The number of carboxylic acids is 1. The number of carboxylic acid groups (broad SMARTS) is 1. The van der Waals surface area contributed by atoms with Crippen molar-refractivity contribution in [3.8, 4) is 11.3 Å². The van der Waals surface area contributed by atoms with Crippen molar-refractivity contribution < 1.29 is 9.90 Å². The molecule has 19 heavy (non-hydrogen) atoms. The number of hydrogen-bond acceptors (Lipinski definition) is 3. The number of hydrogen-bond donors (Lipinski definition) is 1. The third kappa shape index (κ3) is 3.16. The minimum atomic E-state index is -0.920. The lowest BCUT2D eigenvalue weighted by Crippen LogP contribution is -2.06. The Kier molecular flexibility index (Phi) is 3.60. The van der Waals surface area contributed by atoms with E-state index < -0.39 is 5.97 Å². The largest absolute Gasteiger partial charge is 0.481 e. The molecule has 0 aliphatic heterocycles. The number of carbonyl (C=O) groups is 1. The Balaban J connectivity index is 2.46. The summed E-state index contributed by atoms with van der Waals surface area (Å²) in [5.74, 6) is -0.572. The van der Waals surface area contributed by atoms with Gasteiger partial charge in [-0.25, -0.2) is 9.97 Å². The van der Waals surface area contributed by atoms with Crippen LogP contribution in [0, 0.1) is 20.8 Å². The lowest BCUT2D eigenvalue weighted by atomic mass is 10.0. The Labute approximate surface area is 112 Å². The minimum absolute atomic E-state index is 0.153. The van der Waals surface area contributed by atoms with Gasteiger partial charge in [0.1, 0.15) is 12.2 Å². The average Bonchev–Trinajstić information content (AvgIpc) is 2.31. The SMILES string of the molecule is Cc1cc(-c2ccc(C)c(C)c2)nc(CC(=O)O)n1. The van der Waals surface area contributed by atoms with E-state index in [1.807, 2.05) is 32.0 Å². The Bertz CT molecular complexity index is 636. The number of benzene rings is 1. The van der Waals surface area contributed by atoms with E-state index in [2.05, 4.69) is 23.0 Å². The number of nitrogens with zero attached hydrogens (tertiary/aromatic N) is 2. The molecule has 1 aromatic heterocycles. The summed E-state index contributed by atoms with van der Waals surface area (Å²) < 4.78 is 0. The van der Waals surface area contributed by atoms with Crippen molar-refractivity contribution in [3.63, 3.8) is 0 Å². The van der Waals surface area contributed by atoms with Crippen molar-refractivity contribution in [1.29, 1.82) is 0 Å². The molecule has 1 heterocycles. The van der Waals surface area contributed by atoms with Gasteiger partial charge in [-0.3, -0.25) is 4.79 Å². The van der Waals surface area contributed by atoms with Crippen molar-refractivity contribution in [2.45, 2.75) is 27.2 Å². The number of aliphatic carboxylic acids is 1. The molecule has 2 rings (SSSR count). The standard InChI is InChI=1S/C15H16N2O2/c1-9-4-5-12(6-10(9)2)13-7-11(3)16-14(17-13)8-15(18)19/h4-7H,8H2,1-3H3,(H,18,19). The second kappa shape index (κ2) is 5.18. The molecule has 0 fully saturated rings. The van der Waals surface area contributed by atoms with Crippen LogP contribution in [0.3, 0.4) is 0 Å². The van der Waals surface area contributed by atoms with Gasteiger partial charge in [-0.2, -0.15) is 0 Å². The summed E-state index contributed by atoms with van der Waals surface area (Å²) in [5.41, 5.74) is 4.94. The van der Waals surface area contributed by atoms with Crippen LogP contribution in [0.2, 0.25) is 0 Å². The van der Waals surface area contributed by atoms with Crippen molar-refractivity contribution in [2.24, 2.45) is 0 Å². The van der Waals surface area contributed by atoms with Crippen LogP contribution < -0.4 is 0 Å². The molecule has 2 aromatic rings. The second-order valence-corrected chi connectivity index (χ2v) is 4.68. The van der Waals surface area contributed by atoms with Gasteiger partial charge in [0.05, 0.1) is 5.69 Å². The number of rotatable bonds is 3. The van der Waals surface area contributed by atoms with Gasteiger partial charge in [-0.15, -0.1) is 0 Å². The lowest BCUT2D eigenvalue weighted by Gasteiger charge is -2.07. The van der Waals surface area contributed by atoms with Crippen LogP contribution in [0.1, 0.15) is 22.6 Å². The Morgan fingerprint density at radius 2 is 1.84 bits per heavy atom. The highest BCUT2D eigenvalue weighted by Gasteiger charge is 2.08. The van der Waals surface area contributed by atoms with Gasteiger partial charge in [-0.05, 0) is 44.0 Å². The zero-order valence-corrected chi connectivity index (χ0v) is 11.3. The molecule has 0 bridgehead atoms. The predicted octanol–water partition coefficient (Wildman–Crippen LogP) is 2.70. The topological polar surface area (TPSA) is 63.1 Å². The van der Waals surface area contributed by atoms with Crippen LogP contribution in [-0.4, -0.2) is 21.0 Å². The molecule has 0 unspecified atom stereocenters. The summed E-state index contributed by atoms with van der Waals surface area (Å²) in [6.45, 7) is 5.95. The van der Waals surface area contributed by atoms with Gasteiger partial charge in [0.25, 0.3) is 0 Å². The summed E-state index contributed by atoms with van der Waals surface area (Å²) in [6.07, 6.45) is -0.153. The van der Waals surface area contributed by atoms with E-state index in [0.717, 1.165) is 17.0 Å². The first-order valence-corrected chi connectivity index (χ1v) is 6.09. The summed E-state index contributed by atoms with van der Waals surface area (Å²) in [7, 11) is 0. The first-order chi connectivity index (χ1) is 8.95. The average molecular weight is 256 g/mol. The third-order valence-corrected chi connectivity index (χ3v) is 3.01. The highest BCUT2D eigenvalue weighted by Crippen LogP contribution is 2.21. The molecule has 0 aliphatic rings. The molecule has 0 radical (unpaired) electrons. The third-order valence-electron chi connectivity index (χ3n) is 3.01. The van der Waals surface area contributed by atoms with Gasteiger partial charge in [0, 0.05) is 11.3 Å². The highest BCUT2D eigenvalue weighted by molar-refractivity contribution is 5.69. The first kappa shape index (κ1) is 13.2. The van der Waals surface area contributed by atoms with Crippen molar-refractivity contribution >= 4 is 5.97 Å². The molecular formula is C15H16N2O2. The molecule has 1 N–H and O–H groups in total. The fourth-order valence-electron chi connectivity index (χ4n) is 1.89. The summed E-state index contributed by atoms with van der Waals surface area (Å²) in [6, 6.07) is 7.96. The smallest absolute Gasteiger partial charge is 0.311 e. The Morgan fingerprint density at radius 1 is 1.11 bits per heavy atom. The molecule has 0 spiro atoms. The van der Waals surface area contributed by atoms with Crippen molar-refractivity contribution in [2.75, 3.05) is 0 Å². The maximum absolute atomic E-state index is 10.7. The molecule has 0 saturated carbocycles. The molecular weight excluding hydrogens is 240 g/mol. The normalized spacial score (nSPS) is 10.5. The van der Waals surface area contributed by atoms with Gasteiger partial charge in [0.15, 0.2) is 0 Å². The van der Waals surface area contributed by atoms with Gasteiger partial charge in [-0.1, -0.05) is 12.1 Å². The fraction of sp³-hybridized carbons (Fsp3) is 0.267. The summed E-state index contributed by atoms with van der Waals surface area (Å²) >= 11 is 0. The van der Waals surface area contributed by atoms with Crippen LogP contribution in [-0.2, 0) is 11.2 Å². The van der Waals surface area contributed by atoms with E-state index in [-0.39, 0.29) is 6.42 Å². The van der Waals surface area contributed by atoms with E-state index in [9.17, 15) is 4.79 Å². The lowest BCUT2D eigenvalue weighted by molar-refractivity contribution is -0.136. The summed E-state index contributed by atoms with van der Waals surface area (Å²) in [4.78, 5) is 19.2. The van der Waals surface area contributed by atoms with E-state index >= 15 is 0 Å². The molecule has 98 valence electrons. The van der Waals surface area contributed by atoms with Crippen molar-refractivity contribution in [1.82, 2.24) is 9.97 Å². The number of aryl methyl sites for hydroxylation is 3. The second-order valence-electron chi connectivity index (χ2n) is 4.68. The minimum Gasteiger partial charge on any atom is -0.481 e. The maximum Gasteiger partial charge on any atom is 0.311 e. The van der Waals surface area contributed by atoms with E-state index in [0.29, 0.717) is 5.82 Å². The van der Waals surface area contributed by atoms with E-state index in [4.69, 9.17) is 5.11 Å². The zero-order chi connectivity index (χ0) is 14.0. The Hall–Kier alpha value is -2.23. The van der Waals surface area contributed by atoms with Crippen LogP contribution >= 0.6 is 0 Å². The zero-order valence-electron chi connectivity index (χ0n) is 11.3. The van der Waals surface area contributed by atoms with E-state index in [1.54, 1.807) is 0 Å². The molecule has 4 heteroatoms. The van der Waals surface area contributed by atoms with Crippen molar-refractivity contribution in [3.05, 3.63) is 46.9 Å². The van der Waals surface area contributed by atoms with Crippen LogP contribution in [0.4, 0.5) is 0 Å². The highest BCUT2D eigenvalue weighted by atomic mass is 16.4. The first-order valence-electron chi connectivity index (χ1n) is 6.09. The van der Waals surface area contributed by atoms with Crippen LogP contribution in [0.15, 0.2) is 24.3 Å². The monoisotopic (exact) mass is 256 g/mol. The maximum atomic E-state index is 10.7. The van der Waals surface area contributed by atoms with E-state index in [1.165, 1.54) is 11.1 Å². The summed E-state index contributed by atoms with van der Waals surface area (Å²) in [5, 5.41) is 8.82. The molecule has 0 amide bonds. The Morgan fingerprint density at radius 3 is 2.47 bits per heavy atom. The van der Waals surface area contributed by atoms with Crippen LogP contribution in [0.25, 0.3) is 11.3 Å². The molecule has 4 nitrogen and oxygen atoms in total. The molecule has 0 aliphatic carbocycles. The quantitative estimate of drug-likeness (QED) is 0.917. The van der Waals surface area contributed by atoms with Crippen LogP contribution in [0.5, 0.6) is 0 Å². The molecule has 1 aromatic carbocycles. The fourth-order valence-corrected chi connectivity index (χ4v) is 1.89. The number of aromatic nitrogens is 2. The molecule has 0 saturated heterocycles. The van der Waals surface area contributed by atoms with Gasteiger partial charge in [0.2, 0.25) is 0 Å². The van der Waals surface area contributed by atoms with Gasteiger partial charge >= 0.3 is 5.97 Å².